The molecule has 1 aliphatic rings. The lowest BCUT2D eigenvalue weighted by Crippen LogP contribution is -2.22. The standard InChI is InChI=1S/C15H18N2O2/c1-9-5-6-13(19-2)14-10(9)8-11(15(18)17-14)12-4-3-7-16-12/h5-6,8,12,16H,3-4,7H2,1-2H3,(H,17,18). The Morgan fingerprint density at radius 2 is 2.21 bits per heavy atom. The van der Waals surface area contributed by atoms with Gasteiger partial charge in [-0.2, -0.15) is 0 Å². The number of benzene rings is 1. The molecule has 3 rings (SSSR count). The van der Waals surface area contributed by atoms with E-state index in [1.165, 1.54) is 0 Å². The molecule has 100 valence electrons. The van der Waals surface area contributed by atoms with E-state index in [2.05, 4.69) is 10.3 Å². The molecular weight excluding hydrogens is 240 g/mol. The Hall–Kier alpha value is -1.81. The van der Waals surface area contributed by atoms with Crippen molar-refractivity contribution in [2.45, 2.75) is 25.8 Å². The maximum atomic E-state index is 12.2. The molecule has 4 heteroatoms. The molecule has 0 radical (unpaired) electrons. The van der Waals surface area contributed by atoms with Crippen LogP contribution < -0.4 is 15.6 Å². The first kappa shape index (κ1) is 12.2. The highest BCUT2D eigenvalue weighted by atomic mass is 16.5. The number of rotatable bonds is 2. The van der Waals surface area contributed by atoms with Gasteiger partial charge in [-0.1, -0.05) is 6.07 Å². The van der Waals surface area contributed by atoms with Gasteiger partial charge < -0.3 is 15.0 Å². The van der Waals surface area contributed by atoms with Crippen LogP contribution >= 0.6 is 0 Å². The van der Waals surface area contributed by atoms with Crippen LogP contribution in [-0.4, -0.2) is 18.6 Å². The smallest absolute Gasteiger partial charge is 0.253 e. The van der Waals surface area contributed by atoms with E-state index in [4.69, 9.17) is 4.74 Å². The summed E-state index contributed by atoms with van der Waals surface area (Å²) < 4.78 is 5.32. The number of H-pyrrole nitrogens is 1. The third kappa shape index (κ3) is 2.02. The number of nitrogens with one attached hydrogen (secondary N) is 2. The molecule has 0 amide bonds. The van der Waals surface area contributed by atoms with Crippen molar-refractivity contribution in [3.05, 3.63) is 39.7 Å². The molecule has 0 bridgehead atoms. The number of aryl methyl sites for hydroxylation is 1. The first-order valence-corrected chi connectivity index (χ1v) is 6.64. The Kier molecular flexibility index (Phi) is 3.03. The van der Waals surface area contributed by atoms with Gasteiger partial charge in [-0.3, -0.25) is 4.79 Å². The first-order valence-electron chi connectivity index (χ1n) is 6.64. The fraction of sp³-hybridized carbons (Fsp3) is 0.400. The quantitative estimate of drug-likeness (QED) is 0.868. The highest BCUT2D eigenvalue weighted by Gasteiger charge is 2.20. The zero-order valence-corrected chi connectivity index (χ0v) is 11.2. The topological polar surface area (TPSA) is 54.1 Å². The lowest BCUT2D eigenvalue weighted by Gasteiger charge is -2.13. The number of aromatic nitrogens is 1. The molecule has 2 heterocycles. The summed E-state index contributed by atoms with van der Waals surface area (Å²) in [5, 5.41) is 4.43. The molecular formula is C15H18N2O2. The van der Waals surface area contributed by atoms with E-state index in [1.807, 2.05) is 25.1 Å². The van der Waals surface area contributed by atoms with Crippen molar-refractivity contribution in [1.82, 2.24) is 10.3 Å². The van der Waals surface area contributed by atoms with E-state index in [0.717, 1.165) is 41.4 Å². The molecule has 1 atom stereocenters. The van der Waals surface area contributed by atoms with Gasteiger partial charge in [0.05, 0.1) is 12.6 Å². The minimum Gasteiger partial charge on any atom is -0.495 e. The predicted molar refractivity (Wildman–Crippen MR) is 75.8 cm³/mol. The third-order valence-corrected chi connectivity index (χ3v) is 3.88. The van der Waals surface area contributed by atoms with Gasteiger partial charge in [0, 0.05) is 17.0 Å². The SMILES string of the molecule is COc1ccc(C)c2cc(C3CCCN3)c(=O)[nH]c12. The summed E-state index contributed by atoms with van der Waals surface area (Å²) in [5.74, 6) is 0.712. The molecule has 1 aliphatic heterocycles. The van der Waals surface area contributed by atoms with Crippen LogP contribution in [0.15, 0.2) is 23.0 Å². The molecule has 1 aromatic heterocycles. The Morgan fingerprint density at radius 1 is 1.37 bits per heavy atom. The molecule has 1 fully saturated rings. The van der Waals surface area contributed by atoms with E-state index >= 15 is 0 Å². The second kappa shape index (κ2) is 4.70. The van der Waals surface area contributed by atoms with E-state index in [-0.39, 0.29) is 11.6 Å². The van der Waals surface area contributed by atoms with Crippen LogP contribution in [0.5, 0.6) is 5.75 Å². The molecule has 0 spiro atoms. The van der Waals surface area contributed by atoms with Crippen LogP contribution in [-0.2, 0) is 0 Å². The molecule has 0 saturated carbocycles. The number of ether oxygens (including phenoxy) is 1. The summed E-state index contributed by atoms with van der Waals surface area (Å²) in [7, 11) is 1.62. The van der Waals surface area contributed by atoms with Crippen LogP contribution in [0.2, 0.25) is 0 Å². The molecule has 19 heavy (non-hydrogen) atoms. The van der Waals surface area contributed by atoms with Gasteiger partial charge in [-0.15, -0.1) is 0 Å². The van der Waals surface area contributed by atoms with Crippen LogP contribution in [0.25, 0.3) is 10.9 Å². The minimum atomic E-state index is -0.0178. The maximum Gasteiger partial charge on any atom is 0.253 e. The van der Waals surface area contributed by atoms with E-state index in [0.29, 0.717) is 5.75 Å². The predicted octanol–water partition coefficient (Wildman–Crippen LogP) is 2.27. The number of fused-ring (bicyclic) bond motifs is 1. The van der Waals surface area contributed by atoms with Crippen molar-refractivity contribution < 1.29 is 4.74 Å². The van der Waals surface area contributed by atoms with Crippen molar-refractivity contribution in [2.75, 3.05) is 13.7 Å². The van der Waals surface area contributed by atoms with Gasteiger partial charge in [0.15, 0.2) is 0 Å². The van der Waals surface area contributed by atoms with Gasteiger partial charge in [0.25, 0.3) is 5.56 Å². The van der Waals surface area contributed by atoms with Gasteiger partial charge in [-0.25, -0.2) is 0 Å². The molecule has 1 unspecified atom stereocenters. The third-order valence-electron chi connectivity index (χ3n) is 3.88. The normalized spacial score (nSPS) is 18.9. The lowest BCUT2D eigenvalue weighted by molar-refractivity contribution is 0.418. The summed E-state index contributed by atoms with van der Waals surface area (Å²) in [5.41, 5.74) is 2.75. The van der Waals surface area contributed by atoms with Gasteiger partial charge in [0.1, 0.15) is 5.75 Å². The number of hydrogen-bond donors (Lipinski definition) is 2. The molecule has 1 aromatic carbocycles. The summed E-state index contributed by atoms with van der Waals surface area (Å²) in [6.07, 6.45) is 2.15. The number of pyridine rings is 1. The van der Waals surface area contributed by atoms with Crippen molar-refractivity contribution >= 4 is 10.9 Å². The van der Waals surface area contributed by atoms with Crippen LogP contribution in [0.4, 0.5) is 0 Å². The molecule has 1 saturated heterocycles. The van der Waals surface area contributed by atoms with Crippen LogP contribution in [0.1, 0.15) is 30.0 Å². The average Bonchev–Trinajstić information content (AvgIpc) is 2.92. The Labute approximate surface area is 111 Å². The first-order chi connectivity index (χ1) is 9.20. The van der Waals surface area contributed by atoms with E-state index in [1.54, 1.807) is 7.11 Å². The van der Waals surface area contributed by atoms with E-state index < -0.39 is 0 Å². The molecule has 2 N–H and O–H groups in total. The fourth-order valence-corrected chi connectivity index (χ4v) is 2.80. The van der Waals surface area contributed by atoms with Crippen molar-refractivity contribution in [2.24, 2.45) is 0 Å². The Morgan fingerprint density at radius 3 is 2.89 bits per heavy atom. The Balaban J connectivity index is 2.24. The van der Waals surface area contributed by atoms with E-state index in [9.17, 15) is 4.79 Å². The number of methoxy groups -OCH3 is 1. The molecule has 2 aromatic rings. The average molecular weight is 258 g/mol. The summed E-state index contributed by atoms with van der Waals surface area (Å²) in [4.78, 5) is 15.2. The minimum absolute atomic E-state index is 0.0178. The largest absolute Gasteiger partial charge is 0.495 e. The monoisotopic (exact) mass is 258 g/mol. The zero-order valence-electron chi connectivity index (χ0n) is 11.2. The van der Waals surface area contributed by atoms with Gasteiger partial charge >= 0.3 is 0 Å². The highest BCUT2D eigenvalue weighted by molar-refractivity contribution is 5.87. The second-order valence-corrected chi connectivity index (χ2v) is 5.08. The summed E-state index contributed by atoms with van der Waals surface area (Å²) in [6, 6.07) is 6.10. The fourth-order valence-electron chi connectivity index (χ4n) is 2.80. The van der Waals surface area contributed by atoms with Crippen LogP contribution in [0, 0.1) is 6.92 Å². The van der Waals surface area contributed by atoms with Crippen molar-refractivity contribution in [1.29, 1.82) is 0 Å². The zero-order chi connectivity index (χ0) is 13.4. The number of hydrogen-bond acceptors (Lipinski definition) is 3. The van der Waals surface area contributed by atoms with Gasteiger partial charge in [-0.05, 0) is 44.0 Å². The maximum absolute atomic E-state index is 12.2. The molecule has 0 aliphatic carbocycles. The lowest BCUT2D eigenvalue weighted by atomic mass is 10.0. The highest BCUT2D eigenvalue weighted by Crippen LogP contribution is 2.28. The van der Waals surface area contributed by atoms with Crippen LogP contribution in [0.3, 0.4) is 0 Å². The Bertz CT molecular complexity index is 670. The van der Waals surface area contributed by atoms with Crippen molar-refractivity contribution in [3.8, 4) is 5.75 Å². The molecule has 4 nitrogen and oxygen atoms in total. The summed E-state index contributed by atoms with van der Waals surface area (Å²) in [6.45, 7) is 3.03. The van der Waals surface area contributed by atoms with Crippen molar-refractivity contribution in [3.63, 3.8) is 0 Å². The summed E-state index contributed by atoms with van der Waals surface area (Å²) >= 11 is 0. The van der Waals surface area contributed by atoms with Gasteiger partial charge in [0.2, 0.25) is 0 Å². The number of aromatic amines is 1. The second-order valence-electron chi connectivity index (χ2n) is 5.08.